The monoisotopic (exact) mass is 272 g/mol. The van der Waals surface area contributed by atoms with Gasteiger partial charge in [0.1, 0.15) is 0 Å². The molecule has 1 aliphatic rings. The van der Waals surface area contributed by atoms with Crippen LogP contribution in [0.4, 0.5) is 8.78 Å². The van der Waals surface area contributed by atoms with E-state index in [0.29, 0.717) is 22.6 Å². The van der Waals surface area contributed by atoms with E-state index in [2.05, 4.69) is 11.8 Å². The van der Waals surface area contributed by atoms with Crippen molar-refractivity contribution >= 4 is 11.8 Å². The first-order valence-electron chi connectivity index (χ1n) is 6.06. The zero-order chi connectivity index (χ0) is 13.1. The topological polar surface area (TPSA) is 29.3 Å². The molecule has 0 aromatic heterocycles. The van der Waals surface area contributed by atoms with Gasteiger partial charge in [0.05, 0.1) is 0 Å². The second-order valence-corrected chi connectivity index (χ2v) is 5.92. The molecule has 0 saturated carbocycles. The molecule has 2 N–H and O–H groups in total. The van der Waals surface area contributed by atoms with E-state index < -0.39 is 5.76 Å². The van der Waals surface area contributed by atoms with Crippen molar-refractivity contribution in [1.82, 2.24) is 4.90 Å². The number of alkyl halides is 2. The number of benzene rings is 1. The van der Waals surface area contributed by atoms with E-state index in [0.717, 1.165) is 25.2 Å². The summed E-state index contributed by atoms with van der Waals surface area (Å²) in [5, 5.41) is 0. The average Bonchev–Trinajstić information content (AvgIpc) is 2.60. The molecule has 1 aliphatic heterocycles. The first-order valence-corrected chi connectivity index (χ1v) is 6.94. The summed E-state index contributed by atoms with van der Waals surface area (Å²) in [6.45, 7) is 4.92. The van der Waals surface area contributed by atoms with Crippen LogP contribution in [0.5, 0.6) is 0 Å². The highest BCUT2D eigenvalue weighted by Crippen LogP contribution is 2.25. The van der Waals surface area contributed by atoms with Crippen molar-refractivity contribution < 1.29 is 8.78 Å². The van der Waals surface area contributed by atoms with Crippen molar-refractivity contribution in [3.8, 4) is 0 Å². The summed E-state index contributed by atoms with van der Waals surface area (Å²) in [6.07, 6.45) is 0. The number of thioether (sulfide) groups is 1. The van der Waals surface area contributed by atoms with E-state index in [9.17, 15) is 8.78 Å². The second-order valence-electron chi connectivity index (χ2n) is 4.86. The zero-order valence-corrected chi connectivity index (χ0v) is 11.2. The molecule has 0 bridgehead atoms. The number of nitrogens with zero attached hydrogens (tertiary/aromatic N) is 1. The molecular formula is C13H18F2N2S. The Labute approximate surface area is 111 Å². The summed E-state index contributed by atoms with van der Waals surface area (Å²) >= 11 is 0.584. The molecule has 1 fully saturated rings. The highest BCUT2D eigenvalue weighted by Gasteiger charge is 2.26. The van der Waals surface area contributed by atoms with Crippen LogP contribution < -0.4 is 5.73 Å². The van der Waals surface area contributed by atoms with E-state index in [4.69, 9.17) is 5.73 Å². The third-order valence-corrected chi connectivity index (χ3v) is 4.02. The van der Waals surface area contributed by atoms with Gasteiger partial charge in [-0.3, -0.25) is 4.90 Å². The summed E-state index contributed by atoms with van der Waals surface area (Å²) in [7, 11) is 0. The van der Waals surface area contributed by atoms with Crippen molar-refractivity contribution in [2.24, 2.45) is 11.7 Å². The van der Waals surface area contributed by atoms with Crippen molar-refractivity contribution in [2.75, 3.05) is 13.1 Å². The van der Waals surface area contributed by atoms with Gasteiger partial charge in [0.15, 0.2) is 0 Å². The fraction of sp³-hybridized carbons (Fsp3) is 0.538. The van der Waals surface area contributed by atoms with Gasteiger partial charge in [-0.2, -0.15) is 8.78 Å². The van der Waals surface area contributed by atoms with Crippen LogP contribution in [0.15, 0.2) is 29.2 Å². The molecule has 0 aliphatic carbocycles. The molecular weight excluding hydrogens is 254 g/mol. The van der Waals surface area contributed by atoms with E-state index >= 15 is 0 Å². The molecule has 18 heavy (non-hydrogen) atoms. The van der Waals surface area contributed by atoms with Gasteiger partial charge in [0.2, 0.25) is 0 Å². The molecule has 0 amide bonds. The van der Waals surface area contributed by atoms with Crippen molar-refractivity contribution in [3.63, 3.8) is 0 Å². The molecule has 100 valence electrons. The lowest BCUT2D eigenvalue weighted by molar-refractivity contribution is 0.252. The third-order valence-electron chi connectivity index (χ3n) is 3.30. The van der Waals surface area contributed by atoms with Crippen molar-refractivity contribution in [2.45, 2.75) is 30.2 Å². The molecule has 1 aromatic carbocycles. The molecule has 2 rings (SSSR count). The predicted octanol–water partition coefficient (Wildman–Crippen LogP) is 2.78. The Morgan fingerprint density at radius 3 is 2.50 bits per heavy atom. The van der Waals surface area contributed by atoms with E-state index in [1.165, 1.54) is 0 Å². The maximum absolute atomic E-state index is 12.2. The standard InChI is InChI=1S/C13H18F2N2S/c1-9-6-17(8-12(9)16)7-10-2-4-11(5-3-10)18-13(14)15/h2-5,9,12-13H,6-8,16H2,1H3. The number of rotatable bonds is 4. The lowest BCUT2D eigenvalue weighted by Gasteiger charge is -2.15. The van der Waals surface area contributed by atoms with Gasteiger partial charge in [-0.15, -0.1) is 0 Å². The SMILES string of the molecule is CC1CN(Cc2ccc(SC(F)F)cc2)CC1N. The molecule has 0 radical (unpaired) electrons. The number of nitrogens with two attached hydrogens (primary N) is 1. The summed E-state index contributed by atoms with van der Waals surface area (Å²) < 4.78 is 24.4. The lowest BCUT2D eigenvalue weighted by Crippen LogP contribution is -2.28. The zero-order valence-electron chi connectivity index (χ0n) is 10.4. The van der Waals surface area contributed by atoms with E-state index in [1.807, 2.05) is 12.1 Å². The normalized spacial score (nSPS) is 24.9. The van der Waals surface area contributed by atoms with Gasteiger partial charge in [0, 0.05) is 30.6 Å². The van der Waals surface area contributed by atoms with Crippen LogP contribution in [0.2, 0.25) is 0 Å². The van der Waals surface area contributed by atoms with Crippen LogP contribution in [0.1, 0.15) is 12.5 Å². The number of likely N-dealkylation sites (tertiary alicyclic amines) is 1. The Bertz CT molecular complexity index is 373. The largest absolute Gasteiger partial charge is 0.326 e. The van der Waals surface area contributed by atoms with Gasteiger partial charge >= 0.3 is 0 Å². The molecule has 1 saturated heterocycles. The highest BCUT2D eigenvalue weighted by molar-refractivity contribution is 7.99. The molecule has 2 unspecified atom stereocenters. The maximum atomic E-state index is 12.2. The minimum atomic E-state index is -2.35. The maximum Gasteiger partial charge on any atom is 0.288 e. The summed E-state index contributed by atoms with van der Waals surface area (Å²) in [5.74, 6) is -1.83. The van der Waals surface area contributed by atoms with Crippen LogP contribution in [0.25, 0.3) is 0 Å². The van der Waals surface area contributed by atoms with E-state index in [-0.39, 0.29) is 6.04 Å². The number of hydrogen-bond donors (Lipinski definition) is 1. The summed E-state index contributed by atoms with van der Waals surface area (Å²) in [5.41, 5.74) is 7.12. The predicted molar refractivity (Wildman–Crippen MR) is 70.7 cm³/mol. The van der Waals surface area contributed by atoms with Gasteiger partial charge in [0.25, 0.3) is 5.76 Å². The lowest BCUT2D eigenvalue weighted by atomic mass is 10.1. The highest BCUT2D eigenvalue weighted by atomic mass is 32.2. The Kier molecular flexibility index (Phi) is 4.59. The first kappa shape index (κ1) is 13.8. The summed E-state index contributed by atoms with van der Waals surface area (Å²) in [4.78, 5) is 2.92. The van der Waals surface area contributed by atoms with Gasteiger partial charge in [-0.25, -0.2) is 0 Å². The summed E-state index contributed by atoms with van der Waals surface area (Å²) in [6, 6.07) is 7.59. The Morgan fingerprint density at radius 2 is 2.00 bits per heavy atom. The van der Waals surface area contributed by atoms with E-state index in [1.54, 1.807) is 12.1 Å². The Balaban J connectivity index is 1.90. The number of halogens is 2. The van der Waals surface area contributed by atoms with Crippen LogP contribution >= 0.6 is 11.8 Å². The Hall–Kier alpha value is -0.650. The van der Waals surface area contributed by atoms with Gasteiger partial charge in [-0.1, -0.05) is 30.8 Å². The molecule has 2 nitrogen and oxygen atoms in total. The molecule has 1 heterocycles. The Morgan fingerprint density at radius 1 is 1.33 bits per heavy atom. The van der Waals surface area contributed by atoms with Gasteiger partial charge < -0.3 is 5.73 Å². The third kappa shape index (κ3) is 3.67. The minimum absolute atomic E-state index is 0.249. The van der Waals surface area contributed by atoms with Crippen LogP contribution in [-0.2, 0) is 6.54 Å². The van der Waals surface area contributed by atoms with Crippen LogP contribution in [0.3, 0.4) is 0 Å². The second kappa shape index (κ2) is 5.99. The quantitative estimate of drug-likeness (QED) is 0.855. The minimum Gasteiger partial charge on any atom is -0.326 e. The average molecular weight is 272 g/mol. The van der Waals surface area contributed by atoms with Crippen molar-refractivity contribution in [1.29, 1.82) is 0 Å². The van der Waals surface area contributed by atoms with Crippen LogP contribution in [0, 0.1) is 5.92 Å². The molecule has 2 atom stereocenters. The molecule has 5 heteroatoms. The number of hydrogen-bond acceptors (Lipinski definition) is 3. The van der Waals surface area contributed by atoms with Gasteiger partial charge in [-0.05, 0) is 23.6 Å². The smallest absolute Gasteiger partial charge is 0.288 e. The molecule has 1 aromatic rings. The fourth-order valence-corrected chi connectivity index (χ4v) is 2.76. The fourth-order valence-electron chi connectivity index (χ4n) is 2.26. The molecule has 0 spiro atoms. The first-order chi connectivity index (χ1) is 8.54. The van der Waals surface area contributed by atoms with Crippen molar-refractivity contribution in [3.05, 3.63) is 29.8 Å². The van der Waals surface area contributed by atoms with Crippen LogP contribution in [-0.4, -0.2) is 29.8 Å².